The fourth-order valence-corrected chi connectivity index (χ4v) is 4.38. The van der Waals surface area contributed by atoms with E-state index in [2.05, 4.69) is 17.4 Å². The van der Waals surface area contributed by atoms with Crippen LogP contribution in [0.3, 0.4) is 0 Å². The molecule has 0 saturated carbocycles. The van der Waals surface area contributed by atoms with E-state index in [1.54, 1.807) is 4.90 Å². The molecular weight excluding hydrogens is 460 g/mol. The molecule has 0 aliphatic rings. The summed E-state index contributed by atoms with van der Waals surface area (Å²) >= 11 is 0. The first-order chi connectivity index (χ1) is 17.7. The first kappa shape index (κ1) is 28.0. The lowest BCUT2D eigenvalue weighted by Crippen LogP contribution is -2.53. The van der Waals surface area contributed by atoms with E-state index < -0.39 is 6.04 Å². The van der Waals surface area contributed by atoms with Gasteiger partial charge in [-0.25, -0.2) is 0 Å². The molecule has 0 radical (unpaired) electrons. The molecule has 0 heterocycles. The second-order valence-corrected chi connectivity index (χ2v) is 10.0. The van der Waals surface area contributed by atoms with Crippen molar-refractivity contribution in [1.29, 1.82) is 0 Å². The van der Waals surface area contributed by atoms with E-state index in [1.165, 1.54) is 0 Å². The van der Waals surface area contributed by atoms with Crippen LogP contribution in [-0.4, -0.2) is 35.4 Å². The molecule has 2 unspecified atom stereocenters. The van der Waals surface area contributed by atoms with Gasteiger partial charge in [0.15, 0.2) is 6.61 Å². The minimum absolute atomic E-state index is 0.0101. The maximum Gasteiger partial charge on any atom is 0.261 e. The molecule has 2 atom stereocenters. The third kappa shape index (κ3) is 7.94. The van der Waals surface area contributed by atoms with Crippen molar-refractivity contribution in [2.75, 3.05) is 6.61 Å². The maximum atomic E-state index is 13.8. The van der Waals surface area contributed by atoms with Gasteiger partial charge in [-0.05, 0) is 74.9 Å². The van der Waals surface area contributed by atoms with E-state index in [-0.39, 0.29) is 24.5 Å². The van der Waals surface area contributed by atoms with E-state index in [4.69, 9.17) is 4.74 Å². The van der Waals surface area contributed by atoms with Gasteiger partial charge in [0.1, 0.15) is 11.8 Å². The van der Waals surface area contributed by atoms with Gasteiger partial charge in [-0.15, -0.1) is 0 Å². The Morgan fingerprint density at radius 1 is 0.892 bits per heavy atom. The highest BCUT2D eigenvalue weighted by atomic mass is 16.5. The lowest BCUT2D eigenvalue weighted by Gasteiger charge is -2.32. The summed E-state index contributed by atoms with van der Waals surface area (Å²) in [5.74, 6) is 0.326. The lowest BCUT2D eigenvalue weighted by molar-refractivity contribution is -0.143. The van der Waals surface area contributed by atoms with Crippen molar-refractivity contribution in [3.8, 4) is 5.75 Å². The first-order valence-electron chi connectivity index (χ1n) is 13.1. The molecule has 0 fully saturated rings. The number of ether oxygens (including phenoxy) is 1. The second-order valence-electron chi connectivity index (χ2n) is 10.0. The smallest absolute Gasteiger partial charge is 0.261 e. The predicted octanol–water partition coefficient (Wildman–Crippen LogP) is 5.85. The Morgan fingerprint density at radius 3 is 2.27 bits per heavy atom. The molecule has 5 nitrogen and oxygen atoms in total. The number of carbonyl (C=O) groups excluding carboxylic acids is 2. The molecule has 3 rings (SSSR count). The predicted molar refractivity (Wildman–Crippen MR) is 150 cm³/mol. The third-order valence-corrected chi connectivity index (χ3v) is 6.82. The summed E-state index contributed by atoms with van der Waals surface area (Å²) in [4.78, 5) is 29.1. The molecule has 0 bridgehead atoms. The third-order valence-electron chi connectivity index (χ3n) is 6.82. The average molecular weight is 501 g/mol. The highest BCUT2D eigenvalue weighted by Crippen LogP contribution is 2.24. The maximum absolute atomic E-state index is 13.8. The zero-order valence-electron chi connectivity index (χ0n) is 23.0. The molecule has 37 heavy (non-hydrogen) atoms. The number of carbonyl (C=O) groups is 2. The lowest BCUT2D eigenvalue weighted by atomic mass is 10.0. The molecule has 2 amide bonds. The zero-order chi connectivity index (χ0) is 26.9. The van der Waals surface area contributed by atoms with Crippen molar-refractivity contribution in [3.63, 3.8) is 0 Å². The Labute approximate surface area is 221 Å². The van der Waals surface area contributed by atoms with Gasteiger partial charge in [0, 0.05) is 19.0 Å². The normalized spacial score (nSPS) is 12.5. The van der Waals surface area contributed by atoms with Gasteiger partial charge in [0.2, 0.25) is 5.91 Å². The van der Waals surface area contributed by atoms with Crippen molar-refractivity contribution in [3.05, 3.63) is 100 Å². The molecule has 0 spiro atoms. The van der Waals surface area contributed by atoms with Crippen LogP contribution in [0, 0.1) is 27.7 Å². The van der Waals surface area contributed by atoms with Gasteiger partial charge >= 0.3 is 0 Å². The van der Waals surface area contributed by atoms with Crippen LogP contribution in [-0.2, 0) is 22.6 Å². The van der Waals surface area contributed by atoms with E-state index in [0.29, 0.717) is 18.7 Å². The van der Waals surface area contributed by atoms with Crippen molar-refractivity contribution in [2.24, 2.45) is 0 Å². The van der Waals surface area contributed by atoms with Gasteiger partial charge in [-0.2, -0.15) is 0 Å². The summed E-state index contributed by atoms with van der Waals surface area (Å²) in [6.45, 7) is 12.3. The van der Waals surface area contributed by atoms with Gasteiger partial charge in [0.25, 0.3) is 5.91 Å². The summed E-state index contributed by atoms with van der Waals surface area (Å²) in [7, 11) is 0. The number of rotatable bonds is 11. The number of hydrogen-bond donors (Lipinski definition) is 1. The van der Waals surface area contributed by atoms with Crippen LogP contribution in [0.25, 0.3) is 0 Å². The zero-order valence-corrected chi connectivity index (χ0v) is 23.0. The Kier molecular flexibility index (Phi) is 9.90. The largest absolute Gasteiger partial charge is 0.483 e. The molecule has 0 aliphatic heterocycles. The summed E-state index contributed by atoms with van der Waals surface area (Å²) in [6.07, 6.45) is 1.23. The fourth-order valence-electron chi connectivity index (χ4n) is 4.38. The topological polar surface area (TPSA) is 58.6 Å². The highest BCUT2D eigenvalue weighted by molar-refractivity contribution is 5.88. The molecular formula is C32H40N2O3. The van der Waals surface area contributed by atoms with Crippen LogP contribution in [0.2, 0.25) is 0 Å². The minimum atomic E-state index is -0.673. The summed E-state index contributed by atoms with van der Waals surface area (Å²) in [6, 6.07) is 21.3. The first-order valence-corrected chi connectivity index (χ1v) is 13.1. The van der Waals surface area contributed by atoms with E-state index in [0.717, 1.165) is 39.8 Å². The molecule has 0 aromatic heterocycles. The quantitative estimate of drug-likeness (QED) is 0.359. The van der Waals surface area contributed by atoms with Gasteiger partial charge in [-0.1, -0.05) is 73.2 Å². The Morgan fingerprint density at radius 2 is 1.59 bits per heavy atom. The second kappa shape index (κ2) is 13.1. The molecule has 3 aromatic rings. The van der Waals surface area contributed by atoms with Crippen LogP contribution in [0.4, 0.5) is 0 Å². The Balaban J connectivity index is 1.95. The van der Waals surface area contributed by atoms with Crippen LogP contribution in [0.1, 0.15) is 53.6 Å². The van der Waals surface area contributed by atoms with Crippen LogP contribution >= 0.6 is 0 Å². The van der Waals surface area contributed by atoms with Gasteiger partial charge < -0.3 is 15.0 Å². The number of nitrogens with one attached hydrogen (secondary N) is 1. The van der Waals surface area contributed by atoms with Crippen molar-refractivity contribution < 1.29 is 14.3 Å². The summed E-state index contributed by atoms with van der Waals surface area (Å²) in [5, 5.41) is 3.11. The van der Waals surface area contributed by atoms with Crippen molar-refractivity contribution in [2.45, 2.75) is 73.0 Å². The molecule has 196 valence electrons. The highest BCUT2D eigenvalue weighted by Gasteiger charge is 2.31. The van der Waals surface area contributed by atoms with E-state index in [1.807, 2.05) is 96.1 Å². The van der Waals surface area contributed by atoms with Crippen molar-refractivity contribution in [1.82, 2.24) is 10.2 Å². The van der Waals surface area contributed by atoms with Crippen LogP contribution in [0.15, 0.2) is 66.7 Å². The standard InChI is InChI=1S/C32H40N2O3/c1-7-25(5)33-32(36)29(19-27-13-9-8-10-14-27)34(20-28-15-11-12-22(2)17-28)31(35)21-37-30-18-23(3)16-24(4)26(30)6/h8-18,25,29H,7,19-21H2,1-6H3,(H,33,36). The van der Waals surface area contributed by atoms with Crippen LogP contribution in [0.5, 0.6) is 5.75 Å². The SMILES string of the molecule is CCC(C)NC(=O)C(Cc1ccccc1)N(Cc1cccc(C)c1)C(=O)COc1cc(C)cc(C)c1C. The number of amides is 2. The molecule has 0 saturated heterocycles. The van der Waals surface area contributed by atoms with E-state index >= 15 is 0 Å². The number of nitrogens with zero attached hydrogens (tertiary/aromatic N) is 1. The number of aryl methyl sites for hydroxylation is 3. The minimum Gasteiger partial charge on any atom is -0.483 e. The number of benzene rings is 3. The van der Waals surface area contributed by atoms with Gasteiger partial charge in [0.05, 0.1) is 0 Å². The molecule has 3 aromatic carbocycles. The van der Waals surface area contributed by atoms with E-state index in [9.17, 15) is 9.59 Å². The molecule has 5 heteroatoms. The Bertz CT molecular complexity index is 1210. The van der Waals surface area contributed by atoms with Crippen LogP contribution < -0.4 is 10.1 Å². The van der Waals surface area contributed by atoms with Gasteiger partial charge in [-0.3, -0.25) is 9.59 Å². The summed E-state index contributed by atoms with van der Waals surface area (Å²) < 4.78 is 6.06. The monoisotopic (exact) mass is 500 g/mol. The number of hydrogen-bond acceptors (Lipinski definition) is 3. The van der Waals surface area contributed by atoms with Crippen molar-refractivity contribution >= 4 is 11.8 Å². The molecule has 0 aliphatic carbocycles. The fraction of sp³-hybridized carbons (Fsp3) is 0.375. The molecule has 1 N–H and O–H groups in total. The Hall–Kier alpha value is -3.60. The average Bonchev–Trinajstić information content (AvgIpc) is 2.87. The summed E-state index contributed by atoms with van der Waals surface area (Å²) in [5.41, 5.74) is 6.30.